The Kier molecular flexibility index (Phi) is 4.69. The van der Waals surface area contributed by atoms with Crippen LogP contribution in [0.5, 0.6) is 0 Å². The first kappa shape index (κ1) is 15.6. The lowest BCUT2D eigenvalue weighted by molar-refractivity contribution is 0.0697. The van der Waals surface area contributed by atoms with E-state index in [1.165, 1.54) is 24.3 Å². The van der Waals surface area contributed by atoms with Gasteiger partial charge in [-0.05, 0) is 35.9 Å². The van der Waals surface area contributed by atoms with Crippen LogP contribution in [-0.4, -0.2) is 15.3 Å². The minimum absolute atomic E-state index is 0.0380. The Hall–Kier alpha value is -1.79. The monoisotopic (exact) mass is 330 g/mol. The Labute approximate surface area is 126 Å². The molecular formula is C14H9ClF2O3S. The van der Waals surface area contributed by atoms with Gasteiger partial charge in [0.25, 0.3) is 0 Å². The number of hydrogen-bond acceptors (Lipinski definition) is 2. The van der Waals surface area contributed by atoms with Crippen molar-refractivity contribution in [2.75, 3.05) is 0 Å². The Bertz CT molecular complexity index is 734. The Morgan fingerprint density at radius 3 is 2.48 bits per heavy atom. The second-order valence-electron chi connectivity index (χ2n) is 4.19. The molecule has 0 bridgehead atoms. The molecule has 3 nitrogen and oxygen atoms in total. The highest BCUT2D eigenvalue weighted by atomic mass is 35.5. The first-order chi connectivity index (χ1) is 9.88. The molecule has 2 rings (SSSR count). The SMILES string of the molecule is O=C(O)c1cc(S(=O)Cc2ccc(F)c(F)c2)ccc1Cl. The minimum Gasteiger partial charge on any atom is -0.478 e. The lowest BCUT2D eigenvalue weighted by Crippen LogP contribution is -2.02. The smallest absolute Gasteiger partial charge is 0.337 e. The van der Waals surface area contributed by atoms with Gasteiger partial charge in [-0.1, -0.05) is 17.7 Å². The topological polar surface area (TPSA) is 54.4 Å². The van der Waals surface area contributed by atoms with Gasteiger partial charge < -0.3 is 5.11 Å². The molecule has 21 heavy (non-hydrogen) atoms. The predicted octanol–water partition coefficient (Wildman–Crippen LogP) is 3.62. The first-order valence-electron chi connectivity index (χ1n) is 5.73. The van der Waals surface area contributed by atoms with Gasteiger partial charge in [0.05, 0.1) is 27.1 Å². The molecular weight excluding hydrogens is 322 g/mol. The van der Waals surface area contributed by atoms with Crippen molar-refractivity contribution in [1.82, 2.24) is 0 Å². The standard InChI is InChI=1S/C14H9ClF2O3S/c15-11-3-2-9(6-10(11)14(18)19)21(20)7-8-1-4-12(16)13(17)5-8/h1-6H,7H2,(H,18,19). The van der Waals surface area contributed by atoms with Gasteiger partial charge >= 0.3 is 5.97 Å². The quantitative estimate of drug-likeness (QED) is 0.931. The maximum Gasteiger partial charge on any atom is 0.337 e. The third-order valence-electron chi connectivity index (χ3n) is 2.71. The molecule has 0 aliphatic carbocycles. The molecule has 0 radical (unpaired) electrons. The summed E-state index contributed by atoms with van der Waals surface area (Å²) in [7, 11) is -1.60. The Balaban J connectivity index is 2.26. The van der Waals surface area contributed by atoms with Crippen LogP contribution in [-0.2, 0) is 16.6 Å². The summed E-state index contributed by atoms with van der Waals surface area (Å²) in [6.45, 7) is 0. The van der Waals surface area contributed by atoms with Gasteiger partial charge in [-0.15, -0.1) is 0 Å². The zero-order valence-corrected chi connectivity index (χ0v) is 12.0. The van der Waals surface area contributed by atoms with E-state index >= 15 is 0 Å². The van der Waals surface area contributed by atoms with Crippen molar-refractivity contribution in [3.63, 3.8) is 0 Å². The normalized spacial score (nSPS) is 12.1. The molecule has 0 spiro atoms. The number of carboxylic acid groups (broad SMARTS) is 1. The van der Waals surface area contributed by atoms with E-state index in [0.717, 1.165) is 12.1 Å². The van der Waals surface area contributed by atoms with Gasteiger partial charge in [0, 0.05) is 4.90 Å². The van der Waals surface area contributed by atoms with E-state index < -0.39 is 28.4 Å². The second kappa shape index (κ2) is 6.32. The van der Waals surface area contributed by atoms with Crippen LogP contribution < -0.4 is 0 Å². The third-order valence-corrected chi connectivity index (χ3v) is 4.42. The van der Waals surface area contributed by atoms with Crippen LogP contribution in [0.15, 0.2) is 41.3 Å². The third kappa shape index (κ3) is 3.65. The summed E-state index contributed by atoms with van der Waals surface area (Å²) in [5.74, 6) is -3.29. The fourth-order valence-corrected chi connectivity index (χ4v) is 2.99. The second-order valence-corrected chi connectivity index (χ2v) is 6.04. The van der Waals surface area contributed by atoms with Gasteiger partial charge in [0.2, 0.25) is 0 Å². The number of halogens is 3. The van der Waals surface area contributed by atoms with E-state index in [4.69, 9.17) is 16.7 Å². The number of rotatable bonds is 4. The van der Waals surface area contributed by atoms with Gasteiger partial charge in [-0.2, -0.15) is 0 Å². The molecule has 0 heterocycles. The maximum atomic E-state index is 13.1. The van der Waals surface area contributed by atoms with E-state index in [9.17, 15) is 17.8 Å². The van der Waals surface area contributed by atoms with E-state index in [2.05, 4.69) is 0 Å². The van der Waals surface area contributed by atoms with Gasteiger partial charge in [0.15, 0.2) is 11.6 Å². The summed E-state index contributed by atoms with van der Waals surface area (Å²) in [6, 6.07) is 7.22. The molecule has 0 amide bonds. The summed E-state index contributed by atoms with van der Waals surface area (Å²) in [6.07, 6.45) is 0. The molecule has 110 valence electrons. The van der Waals surface area contributed by atoms with Crippen molar-refractivity contribution in [3.05, 3.63) is 64.2 Å². The molecule has 0 saturated carbocycles. The van der Waals surface area contributed by atoms with Crippen LogP contribution in [0.25, 0.3) is 0 Å². The molecule has 7 heteroatoms. The molecule has 1 N–H and O–H groups in total. The van der Waals surface area contributed by atoms with Crippen LogP contribution in [0, 0.1) is 11.6 Å². The van der Waals surface area contributed by atoms with Crippen LogP contribution in [0.3, 0.4) is 0 Å². The van der Waals surface area contributed by atoms with Crippen molar-refractivity contribution in [1.29, 1.82) is 0 Å². The lowest BCUT2D eigenvalue weighted by atomic mass is 10.2. The minimum atomic E-state index is -1.60. The lowest BCUT2D eigenvalue weighted by Gasteiger charge is -2.06. The number of hydrogen-bond donors (Lipinski definition) is 1. The van der Waals surface area contributed by atoms with E-state index in [-0.39, 0.29) is 21.2 Å². The summed E-state index contributed by atoms with van der Waals surface area (Å²) >= 11 is 5.72. The molecule has 0 fully saturated rings. The molecule has 2 aromatic carbocycles. The van der Waals surface area contributed by atoms with Crippen molar-refractivity contribution >= 4 is 28.4 Å². The number of carbonyl (C=O) groups is 1. The first-order valence-corrected chi connectivity index (χ1v) is 7.43. The van der Waals surface area contributed by atoms with E-state index in [1.807, 2.05) is 0 Å². The Morgan fingerprint density at radius 1 is 1.14 bits per heavy atom. The molecule has 1 atom stereocenters. The molecule has 0 saturated heterocycles. The highest BCUT2D eigenvalue weighted by Crippen LogP contribution is 2.21. The highest BCUT2D eigenvalue weighted by Gasteiger charge is 2.13. The largest absolute Gasteiger partial charge is 0.478 e. The number of aromatic carboxylic acids is 1. The zero-order chi connectivity index (χ0) is 15.6. The van der Waals surface area contributed by atoms with Gasteiger partial charge in [-0.3, -0.25) is 4.21 Å². The molecule has 0 aromatic heterocycles. The fourth-order valence-electron chi connectivity index (χ4n) is 1.67. The van der Waals surface area contributed by atoms with Crippen LogP contribution in [0.1, 0.15) is 15.9 Å². The molecule has 0 aliphatic rings. The van der Waals surface area contributed by atoms with Gasteiger partial charge in [0.1, 0.15) is 0 Å². The molecule has 0 aliphatic heterocycles. The van der Waals surface area contributed by atoms with Crippen LogP contribution in [0.4, 0.5) is 8.78 Å². The average molecular weight is 331 g/mol. The highest BCUT2D eigenvalue weighted by molar-refractivity contribution is 7.84. The van der Waals surface area contributed by atoms with Crippen LogP contribution in [0.2, 0.25) is 5.02 Å². The predicted molar refractivity (Wildman–Crippen MR) is 74.9 cm³/mol. The maximum absolute atomic E-state index is 13.1. The Morgan fingerprint density at radius 2 is 1.86 bits per heavy atom. The summed E-state index contributed by atoms with van der Waals surface area (Å²) < 4.78 is 38.1. The average Bonchev–Trinajstić information content (AvgIpc) is 2.43. The summed E-state index contributed by atoms with van der Waals surface area (Å²) in [4.78, 5) is 11.2. The van der Waals surface area contributed by atoms with Crippen molar-refractivity contribution in [2.45, 2.75) is 10.6 Å². The summed E-state index contributed by atoms with van der Waals surface area (Å²) in [5, 5.41) is 8.99. The van der Waals surface area contributed by atoms with Crippen molar-refractivity contribution in [3.8, 4) is 0 Å². The number of benzene rings is 2. The molecule has 1 unspecified atom stereocenters. The molecule has 2 aromatic rings. The fraction of sp³-hybridized carbons (Fsp3) is 0.0714. The van der Waals surface area contributed by atoms with E-state index in [0.29, 0.717) is 5.56 Å². The summed E-state index contributed by atoms with van der Waals surface area (Å²) in [5.41, 5.74) is 0.187. The van der Waals surface area contributed by atoms with Crippen molar-refractivity contribution in [2.24, 2.45) is 0 Å². The van der Waals surface area contributed by atoms with Crippen molar-refractivity contribution < 1.29 is 22.9 Å². The van der Waals surface area contributed by atoms with Crippen LogP contribution >= 0.6 is 11.6 Å². The van der Waals surface area contributed by atoms with Gasteiger partial charge in [-0.25, -0.2) is 13.6 Å². The number of carboxylic acids is 1. The van der Waals surface area contributed by atoms with E-state index in [1.54, 1.807) is 0 Å². The zero-order valence-electron chi connectivity index (χ0n) is 10.5.